The molecular formula is C13H12N2O2. The van der Waals surface area contributed by atoms with Crippen LogP contribution in [0.2, 0.25) is 0 Å². The van der Waals surface area contributed by atoms with Crippen molar-refractivity contribution in [2.24, 2.45) is 5.10 Å². The Hall–Kier alpha value is -2.36. The fourth-order valence-corrected chi connectivity index (χ4v) is 1.35. The summed E-state index contributed by atoms with van der Waals surface area (Å²) < 4.78 is 4.94. The summed E-state index contributed by atoms with van der Waals surface area (Å²) in [4.78, 5) is 11.5. The highest BCUT2D eigenvalue weighted by atomic mass is 16.3. The molecule has 0 bridgehead atoms. The molecule has 0 aliphatic rings. The van der Waals surface area contributed by atoms with Crippen molar-refractivity contribution in [1.29, 1.82) is 0 Å². The van der Waals surface area contributed by atoms with E-state index in [1.54, 1.807) is 18.3 Å². The van der Waals surface area contributed by atoms with E-state index in [-0.39, 0.29) is 11.7 Å². The lowest BCUT2D eigenvalue weighted by atomic mass is 10.1. The smallest absolute Gasteiger partial charge is 0.307 e. The van der Waals surface area contributed by atoms with Crippen LogP contribution < -0.4 is 5.43 Å². The number of nitrogens with one attached hydrogen (secondary N) is 1. The Kier molecular flexibility index (Phi) is 3.35. The first-order chi connectivity index (χ1) is 8.27. The summed E-state index contributed by atoms with van der Waals surface area (Å²) in [5.41, 5.74) is 4.46. The van der Waals surface area contributed by atoms with Crippen molar-refractivity contribution in [2.75, 3.05) is 0 Å². The van der Waals surface area contributed by atoms with Crippen molar-refractivity contribution < 1.29 is 9.21 Å². The third-order valence-corrected chi connectivity index (χ3v) is 2.30. The minimum atomic E-state index is -0.361. The van der Waals surface area contributed by atoms with E-state index in [2.05, 4.69) is 10.5 Å². The highest BCUT2D eigenvalue weighted by Gasteiger charge is 2.05. The van der Waals surface area contributed by atoms with Crippen LogP contribution in [0.1, 0.15) is 21.7 Å². The number of carbonyl (C=O) groups excluding carboxylic acids is 1. The second-order valence-electron chi connectivity index (χ2n) is 3.53. The molecule has 1 aromatic heterocycles. The van der Waals surface area contributed by atoms with Gasteiger partial charge in [0, 0.05) is 0 Å². The number of benzene rings is 1. The zero-order valence-electron chi connectivity index (χ0n) is 9.38. The molecule has 2 aromatic rings. The number of hydrogen-bond acceptors (Lipinski definition) is 3. The van der Waals surface area contributed by atoms with Crippen molar-refractivity contribution in [3.05, 3.63) is 59.5 Å². The minimum Gasteiger partial charge on any atom is -0.459 e. The average molecular weight is 228 g/mol. The van der Waals surface area contributed by atoms with E-state index in [9.17, 15) is 4.79 Å². The number of nitrogens with zero attached hydrogens (tertiary/aromatic N) is 1. The molecule has 0 atom stereocenters. The third kappa shape index (κ3) is 2.81. The molecule has 4 nitrogen and oxygen atoms in total. The van der Waals surface area contributed by atoms with Crippen LogP contribution in [-0.2, 0) is 0 Å². The van der Waals surface area contributed by atoms with Gasteiger partial charge in [-0.15, -0.1) is 0 Å². The molecule has 1 aromatic carbocycles. The Morgan fingerprint density at radius 2 is 2.12 bits per heavy atom. The first-order valence-corrected chi connectivity index (χ1v) is 5.20. The fourth-order valence-electron chi connectivity index (χ4n) is 1.35. The number of hydrogen-bond donors (Lipinski definition) is 1. The molecule has 0 saturated carbocycles. The lowest BCUT2D eigenvalue weighted by Gasteiger charge is -1.98. The normalized spacial score (nSPS) is 10.6. The van der Waals surface area contributed by atoms with Gasteiger partial charge in [-0.1, -0.05) is 24.3 Å². The van der Waals surface area contributed by atoms with E-state index in [1.807, 2.05) is 31.2 Å². The Bertz CT molecular complexity index is 530. The van der Waals surface area contributed by atoms with Gasteiger partial charge in [0.2, 0.25) is 0 Å². The van der Waals surface area contributed by atoms with Gasteiger partial charge in [0.05, 0.1) is 12.5 Å². The zero-order valence-corrected chi connectivity index (χ0v) is 9.38. The molecular weight excluding hydrogens is 216 g/mol. The van der Waals surface area contributed by atoms with Gasteiger partial charge < -0.3 is 4.42 Å². The highest BCUT2D eigenvalue weighted by molar-refractivity contribution is 5.92. The molecule has 4 heteroatoms. The van der Waals surface area contributed by atoms with Crippen LogP contribution in [0.3, 0.4) is 0 Å². The SMILES string of the molecule is Cc1ccccc1C=NNC(=O)c1ccco1. The first kappa shape index (κ1) is 11.1. The largest absolute Gasteiger partial charge is 0.459 e. The molecule has 0 saturated heterocycles. The second kappa shape index (κ2) is 5.12. The monoisotopic (exact) mass is 228 g/mol. The van der Waals surface area contributed by atoms with Crippen LogP contribution in [0, 0.1) is 6.92 Å². The molecule has 0 aliphatic carbocycles. The summed E-state index contributed by atoms with van der Waals surface area (Å²) in [5.74, 6) is -0.119. The predicted octanol–water partition coefficient (Wildman–Crippen LogP) is 2.35. The van der Waals surface area contributed by atoms with Crippen molar-refractivity contribution in [3.8, 4) is 0 Å². The Labute approximate surface area is 99.0 Å². The summed E-state index contributed by atoms with van der Waals surface area (Å²) in [6.45, 7) is 1.98. The maximum atomic E-state index is 11.5. The van der Waals surface area contributed by atoms with Gasteiger partial charge >= 0.3 is 5.91 Å². The maximum absolute atomic E-state index is 11.5. The molecule has 17 heavy (non-hydrogen) atoms. The summed E-state index contributed by atoms with van der Waals surface area (Å²) in [6.07, 6.45) is 3.05. The molecule has 1 heterocycles. The van der Waals surface area contributed by atoms with Gasteiger partial charge in [0.1, 0.15) is 0 Å². The third-order valence-electron chi connectivity index (χ3n) is 2.30. The van der Waals surface area contributed by atoms with Crippen molar-refractivity contribution in [3.63, 3.8) is 0 Å². The zero-order chi connectivity index (χ0) is 12.1. The number of amides is 1. The molecule has 1 N–H and O–H groups in total. The Morgan fingerprint density at radius 1 is 1.29 bits per heavy atom. The lowest BCUT2D eigenvalue weighted by molar-refractivity contribution is 0.0927. The van der Waals surface area contributed by atoms with E-state index in [0.29, 0.717) is 0 Å². The summed E-state index contributed by atoms with van der Waals surface area (Å²) in [7, 11) is 0. The number of hydrazone groups is 1. The molecule has 0 unspecified atom stereocenters. The molecule has 0 spiro atoms. The van der Waals surface area contributed by atoms with Gasteiger partial charge in [-0.05, 0) is 30.2 Å². The average Bonchev–Trinajstić information content (AvgIpc) is 2.85. The number of aryl methyl sites for hydroxylation is 1. The van der Waals surface area contributed by atoms with Gasteiger partial charge in [-0.2, -0.15) is 5.10 Å². The van der Waals surface area contributed by atoms with Gasteiger partial charge in [0.15, 0.2) is 5.76 Å². The van der Waals surface area contributed by atoms with E-state index < -0.39 is 0 Å². The van der Waals surface area contributed by atoms with Crippen LogP contribution >= 0.6 is 0 Å². The molecule has 0 fully saturated rings. The van der Waals surface area contributed by atoms with Gasteiger partial charge in [0.25, 0.3) is 0 Å². The maximum Gasteiger partial charge on any atom is 0.307 e. The molecule has 2 rings (SSSR count). The van der Waals surface area contributed by atoms with E-state index in [0.717, 1.165) is 11.1 Å². The van der Waals surface area contributed by atoms with Crippen LogP contribution in [0.4, 0.5) is 0 Å². The van der Waals surface area contributed by atoms with Crippen LogP contribution in [0.15, 0.2) is 52.2 Å². The summed E-state index contributed by atoms with van der Waals surface area (Å²) in [6, 6.07) is 11.0. The first-order valence-electron chi connectivity index (χ1n) is 5.20. The van der Waals surface area contributed by atoms with Crippen molar-refractivity contribution in [1.82, 2.24) is 5.43 Å². The quantitative estimate of drug-likeness (QED) is 0.647. The number of furan rings is 1. The second-order valence-corrected chi connectivity index (χ2v) is 3.53. The molecule has 0 radical (unpaired) electrons. The minimum absolute atomic E-state index is 0.243. The lowest BCUT2D eigenvalue weighted by Crippen LogP contribution is -2.16. The molecule has 1 amide bonds. The van der Waals surface area contributed by atoms with Gasteiger partial charge in [-0.3, -0.25) is 4.79 Å². The summed E-state index contributed by atoms with van der Waals surface area (Å²) >= 11 is 0. The van der Waals surface area contributed by atoms with Crippen LogP contribution in [0.5, 0.6) is 0 Å². The van der Waals surface area contributed by atoms with E-state index in [4.69, 9.17) is 4.42 Å². The Balaban J connectivity index is 1.99. The van der Waals surface area contributed by atoms with E-state index >= 15 is 0 Å². The van der Waals surface area contributed by atoms with Gasteiger partial charge in [-0.25, -0.2) is 5.43 Å². The molecule has 86 valence electrons. The van der Waals surface area contributed by atoms with Crippen LogP contribution in [0.25, 0.3) is 0 Å². The van der Waals surface area contributed by atoms with E-state index in [1.165, 1.54) is 6.26 Å². The predicted molar refractivity (Wildman–Crippen MR) is 64.9 cm³/mol. The number of carbonyl (C=O) groups is 1. The van der Waals surface area contributed by atoms with Crippen LogP contribution in [-0.4, -0.2) is 12.1 Å². The highest BCUT2D eigenvalue weighted by Crippen LogP contribution is 2.03. The Morgan fingerprint density at radius 3 is 2.82 bits per heavy atom. The fraction of sp³-hybridized carbons (Fsp3) is 0.0769. The topological polar surface area (TPSA) is 54.6 Å². The van der Waals surface area contributed by atoms with Crippen molar-refractivity contribution >= 4 is 12.1 Å². The molecule has 0 aliphatic heterocycles. The number of rotatable bonds is 3. The summed E-state index contributed by atoms with van der Waals surface area (Å²) in [5, 5.41) is 3.87. The van der Waals surface area contributed by atoms with Crippen molar-refractivity contribution in [2.45, 2.75) is 6.92 Å². The standard InChI is InChI=1S/C13H12N2O2/c1-10-5-2-3-6-11(10)9-14-15-13(16)12-7-4-8-17-12/h2-9H,1H3,(H,15,16).